The van der Waals surface area contributed by atoms with Crippen molar-refractivity contribution in [2.75, 3.05) is 19.8 Å². The Labute approximate surface area is 128 Å². The lowest BCUT2D eigenvalue weighted by Gasteiger charge is -2.33. The van der Waals surface area contributed by atoms with Crippen LogP contribution in [0, 0.1) is 17.0 Å². The first-order chi connectivity index (χ1) is 10.5. The van der Waals surface area contributed by atoms with Crippen molar-refractivity contribution in [1.82, 2.24) is 5.32 Å². The highest BCUT2D eigenvalue weighted by atomic mass is 19.1. The van der Waals surface area contributed by atoms with Crippen LogP contribution in [0.5, 0.6) is 0 Å². The van der Waals surface area contributed by atoms with Gasteiger partial charge in [0.15, 0.2) is 0 Å². The molecule has 22 heavy (non-hydrogen) atoms. The summed E-state index contributed by atoms with van der Waals surface area (Å²) in [5, 5.41) is 12.3. The molecule has 122 valence electrons. The molecule has 1 fully saturated rings. The molecule has 2 rings (SSSR count). The molecule has 1 saturated heterocycles. The lowest BCUT2D eigenvalue weighted by Crippen LogP contribution is -2.45. The summed E-state index contributed by atoms with van der Waals surface area (Å²) in [6, 6.07) is 2.69. The Kier molecular flexibility index (Phi) is 5.47. The number of carbonyl (C=O) groups is 1. The van der Waals surface area contributed by atoms with Crippen molar-refractivity contribution in [1.29, 1.82) is 0 Å². The normalized spacial score (nSPS) is 17.4. The second-order valence-electron chi connectivity index (χ2n) is 5.65. The van der Waals surface area contributed by atoms with E-state index in [0.717, 1.165) is 0 Å². The van der Waals surface area contributed by atoms with Gasteiger partial charge < -0.3 is 15.2 Å². The molecule has 0 saturated carbocycles. The fourth-order valence-corrected chi connectivity index (χ4v) is 2.74. The van der Waals surface area contributed by atoms with Crippen molar-refractivity contribution in [3.05, 3.63) is 34.9 Å². The highest BCUT2D eigenvalue weighted by molar-refractivity contribution is 5.75. The highest BCUT2D eigenvalue weighted by Crippen LogP contribution is 2.30. The third kappa shape index (κ3) is 3.44. The fourth-order valence-electron chi connectivity index (χ4n) is 2.74. The number of benzene rings is 1. The van der Waals surface area contributed by atoms with Crippen LogP contribution < -0.4 is 5.32 Å². The number of carboxylic acids is 1. The second kappa shape index (κ2) is 7.15. The van der Waals surface area contributed by atoms with Crippen LogP contribution in [0.2, 0.25) is 0 Å². The molecule has 0 aliphatic carbocycles. The number of aryl methyl sites for hydroxylation is 1. The molecule has 2 N–H and O–H groups in total. The molecule has 0 atom stereocenters. The predicted molar refractivity (Wildman–Crippen MR) is 77.6 cm³/mol. The number of ether oxygens (including phenoxy) is 1. The maximum absolute atomic E-state index is 14.1. The highest BCUT2D eigenvalue weighted by Gasteiger charge is 2.39. The van der Waals surface area contributed by atoms with Gasteiger partial charge >= 0.3 is 5.97 Å². The predicted octanol–water partition coefficient (Wildman–Crippen LogP) is 2.50. The van der Waals surface area contributed by atoms with Gasteiger partial charge in [-0.05, 0) is 30.9 Å². The lowest BCUT2D eigenvalue weighted by atomic mass is 9.80. The van der Waals surface area contributed by atoms with Crippen LogP contribution in [0.3, 0.4) is 0 Å². The maximum atomic E-state index is 14.1. The number of hydrogen-bond donors (Lipinski definition) is 2. The third-order valence-corrected chi connectivity index (χ3v) is 4.32. The summed E-state index contributed by atoms with van der Waals surface area (Å²) in [6.07, 6.45) is 1.28. The lowest BCUT2D eigenvalue weighted by molar-refractivity contribution is -0.154. The fraction of sp³-hybridized carbons (Fsp3) is 0.562. The number of halogens is 2. The summed E-state index contributed by atoms with van der Waals surface area (Å²) in [6.45, 7) is 2.72. The Hall–Kier alpha value is -1.53. The number of carboxylic acid groups (broad SMARTS) is 1. The SMILES string of the molecule is CCc1ccc(F)c(CNCC2(C(=O)O)CCOCC2)c1F. The van der Waals surface area contributed by atoms with Crippen molar-refractivity contribution < 1.29 is 23.4 Å². The van der Waals surface area contributed by atoms with Crippen LogP contribution in [0.1, 0.15) is 30.9 Å². The van der Waals surface area contributed by atoms with E-state index in [0.29, 0.717) is 38.0 Å². The molecule has 0 bridgehead atoms. The van der Waals surface area contributed by atoms with Crippen molar-refractivity contribution in [2.24, 2.45) is 5.41 Å². The van der Waals surface area contributed by atoms with Gasteiger partial charge in [0.05, 0.1) is 5.41 Å². The molecule has 6 heteroatoms. The molecular formula is C16H21F2NO3. The van der Waals surface area contributed by atoms with E-state index in [9.17, 15) is 18.7 Å². The molecule has 1 aromatic rings. The molecule has 0 radical (unpaired) electrons. The van der Waals surface area contributed by atoms with Crippen LogP contribution in [-0.2, 0) is 22.5 Å². The summed E-state index contributed by atoms with van der Waals surface area (Å²) in [5.41, 5.74) is -0.503. The summed E-state index contributed by atoms with van der Waals surface area (Å²) < 4.78 is 33.1. The summed E-state index contributed by atoms with van der Waals surface area (Å²) in [4.78, 5) is 11.5. The zero-order valence-electron chi connectivity index (χ0n) is 12.6. The molecule has 0 spiro atoms. The molecule has 1 aromatic carbocycles. The van der Waals surface area contributed by atoms with Crippen molar-refractivity contribution in [3.63, 3.8) is 0 Å². The number of hydrogen-bond acceptors (Lipinski definition) is 3. The van der Waals surface area contributed by atoms with Gasteiger partial charge in [0, 0.05) is 31.9 Å². The third-order valence-electron chi connectivity index (χ3n) is 4.32. The average Bonchev–Trinajstić information content (AvgIpc) is 2.51. The minimum Gasteiger partial charge on any atom is -0.481 e. The summed E-state index contributed by atoms with van der Waals surface area (Å²) >= 11 is 0. The van der Waals surface area contributed by atoms with Crippen molar-refractivity contribution in [3.8, 4) is 0 Å². The van der Waals surface area contributed by atoms with Gasteiger partial charge in [-0.1, -0.05) is 13.0 Å². The largest absolute Gasteiger partial charge is 0.481 e. The standard InChI is InChI=1S/C16H21F2NO3/c1-2-11-3-4-13(17)12(14(11)18)9-19-10-16(15(20)21)5-7-22-8-6-16/h3-4,19H,2,5-10H2,1H3,(H,20,21). The van der Waals surface area contributed by atoms with Crippen molar-refractivity contribution >= 4 is 5.97 Å². The maximum Gasteiger partial charge on any atom is 0.311 e. The van der Waals surface area contributed by atoms with E-state index in [1.807, 2.05) is 0 Å². The van der Waals surface area contributed by atoms with Crippen LogP contribution in [0.15, 0.2) is 12.1 Å². The number of aliphatic carboxylic acids is 1. The first-order valence-corrected chi connectivity index (χ1v) is 7.48. The van der Waals surface area contributed by atoms with Crippen LogP contribution >= 0.6 is 0 Å². The van der Waals surface area contributed by atoms with E-state index in [1.165, 1.54) is 12.1 Å². The van der Waals surface area contributed by atoms with Gasteiger partial charge in [-0.15, -0.1) is 0 Å². The Morgan fingerprint density at radius 1 is 1.36 bits per heavy atom. The number of nitrogens with one attached hydrogen (secondary N) is 1. The van der Waals surface area contributed by atoms with Crippen molar-refractivity contribution in [2.45, 2.75) is 32.7 Å². The van der Waals surface area contributed by atoms with Gasteiger partial charge in [-0.2, -0.15) is 0 Å². The van der Waals surface area contributed by atoms with E-state index in [4.69, 9.17) is 4.74 Å². The van der Waals surface area contributed by atoms with Gasteiger partial charge in [-0.3, -0.25) is 4.79 Å². The average molecular weight is 313 g/mol. The smallest absolute Gasteiger partial charge is 0.311 e. The Bertz CT molecular complexity index is 542. The second-order valence-corrected chi connectivity index (χ2v) is 5.65. The molecule has 0 amide bonds. The molecule has 1 heterocycles. The number of rotatable bonds is 6. The van der Waals surface area contributed by atoms with Gasteiger partial charge in [0.25, 0.3) is 0 Å². The Balaban J connectivity index is 2.05. The summed E-state index contributed by atoms with van der Waals surface area (Å²) in [7, 11) is 0. The van der Waals surface area contributed by atoms with E-state index < -0.39 is 23.0 Å². The molecule has 4 nitrogen and oxygen atoms in total. The van der Waals surface area contributed by atoms with Crippen LogP contribution in [0.4, 0.5) is 8.78 Å². The van der Waals surface area contributed by atoms with Gasteiger partial charge in [0.1, 0.15) is 11.6 Å². The first-order valence-electron chi connectivity index (χ1n) is 7.48. The molecule has 0 unspecified atom stereocenters. The topological polar surface area (TPSA) is 58.6 Å². The monoisotopic (exact) mass is 313 g/mol. The quantitative estimate of drug-likeness (QED) is 0.847. The molecular weight excluding hydrogens is 292 g/mol. The zero-order valence-corrected chi connectivity index (χ0v) is 12.6. The van der Waals surface area contributed by atoms with Gasteiger partial charge in [0.2, 0.25) is 0 Å². The first kappa shape index (κ1) is 16.8. The van der Waals surface area contributed by atoms with E-state index in [-0.39, 0.29) is 18.7 Å². The molecule has 1 aliphatic heterocycles. The summed E-state index contributed by atoms with van der Waals surface area (Å²) in [5.74, 6) is -2.06. The van der Waals surface area contributed by atoms with E-state index in [2.05, 4.69) is 5.32 Å². The van der Waals surface area contributed by atoms with Gasteiger partial charge in [-0.25, -0.2) is 8.78 Å². The van der Waals surface area contributed by atoms with E-state index >= 15 is 0 Å². The molecule has 0 aromatic heterocycles. The minimum atomic E-state index is -0.923. The minimum absolute atomic E-state index is 0.0264. The van der Waals surface area contributed by atoms with Crippen LogP contribution in [0.25, 0.3) is 0 Å². The molecule has 1 aliphatic rings. The Morgan fingerprint density at radius 2 is 2.05 bits per heavy atom. The zero-order chi connectivity index (χ0) is 16.2. The van der Waals surface area contributed by atoms with E-state index in [1.54, 1.807) is 6.92 Å². The Morgan fingerprint density at radius 3 is 2.64 bits per heavy atom. The van der Waals surface area contributed by atoms with Crippen LogP contribution in [-0.4, -0.2) is 30.8 Å².